The SMILES string of the molecule is CC.CCC(=O)N(C)C.CCCC(=O)N(C)C.CCCC(=O)N(C)C.[3H]N.[3H]NC(=O)CCC. The molecule has 0 radical (unpaired) electrons. The van der Waals surface area contributed by atoms with Crippen LogP contribution in [0.1, 0.15) is 86.5 Å². The topological polar surface area (TPSA) is 139 Å². The highest BCUT2D eigenvalue weighted by atomic mass is 16.2. The first-order chi connectivity index (χ1) is 15.9. The molecule has 9 nitrogen and oxygen atoms in total. The van der Waals surface area contributed by atoms with Crippen LogP contribution >= 0.6 is 0 Å². The quantitative estimate of drug-likeness (QED) is 0.585. The zero-order chi connectivity index (χ0) is 28.7. The molecule has 5 N–H and O–H groups in total. The molecule has 0 rings (SSSR count). The molecule has 0 unspecified atom stereocenters. The minimum absolute atomic E-state index is 0.181. The third-order valence-corrected chi connectivity index (χ3v) is 3.20. The number of nitrogens with zero attached hydrogens (tertiary/aromatic N) is 3. The highest BCUT2D eigenvalue weighted by Crippen LogP contribution is 1.90. The lowest BCUT2D eigenvalue weighted by Gasteiger charge is -2.07. The van der Waals surface area contributed by atoms with E-state index < -0.39 is 0 Å². The van der Waals surface area contributed by atoms with E-state index >= 15 is 0 Å². The van der Waals surface area contributed by atoms with Crippen molar-refractivity contribution in [2.45, 2.75) is 86.5 Å². The Labute approximate surface area is 201 Å². The molecule has 0 spiro atoms. The molecule has 4 amide bonds. The van der Waals surface area contributed by atoms with E-state index in [0.29, 0.717) is 25.7 Å². The lowest BCUT2D eigenvalue weighted by Crippen LogP contribution is -2.20. The van der Waals surface area contributed by atoms with Crippen molar-refractivity contribution >= 4 is 23.6 Å². The van der Waals surface area contributed by atoms with Gasteiger partial charge in [-0.25, -0.2) is 0 Å². The number of hydrogen-bond donors (Lipinski definition) is 2. The summed E-state index contributed by atoms with van der Waals surface area (Å²) in [5.41, 5.74) is 1.78. The monoisotopic (exact) mass is 469 g/mol. The average Bonchev–Trinajstić information content (AvgIpc) is 2.82. The van der Waals surface area contributed by atoms with Crippen LogP contribution in [0, 0.1) is 0 Å². The molecule has 0 fully saturated rings. The van der Waals surface area contributed by atoms with Crippen molar-refractivity contribution < 1.29 is 22.0 Å². The first-order valence-corrected chi connectivity index (χ1v) is 11.2. The second-order valence-corrected chi connectivity index (χ2v) is 6.89. The molecular weight excluding hydrogens is 410 g/mol. The van der Waals surface area contributed by atoms with E-state index in [4.69, 9.17) is 2.82 Å². The van der Waals surface area contributed by atoms with Crippen LogP contribution in [0.25, 0.3) is 0 Å². The van der Waals surface area contributed by atoms with Gasteiger partial charge in [0, 0.05) is 68.0 Å². The van der Waals surface area contributed by atoms with E-state index in [1.807, 2.05) is 41.5 Å². The van der Waals surface area contributed by atoms with Crippen LogP contribution in [-0.4, -0.2) is 80.6 Å². The van der Waals surface area contributed by atoms with Crippen molar-refractivity contribution in [3.05, 3.63) is 0 Å². The number of nitrogens with two attached hydrogens (primary N) is 1. The lowest BCUT2D eigenvalue weighted by molar-refractivity contribution is -0.129. The van der Waals surface area contributed by atoms with Gasteiger partial charge in [-0.2, -0.15) is 0 Å². The fourth-order valence-electron chi connectivity index (χ4n) is 1.42. The summed E-state index contributed by atoms with van der Waals surface area (Å²) in [6.07, 6.45) is 8.86. The smallest absolute Gasteiger partial charge is 0.222 e. The van der Waals surface area contributed by atoms with Crippen molar-refractivity contribution in [2.24, 2.45) is 5.73 Å². The van der Waals surface area contributed by atoms with Gasteiger partial charge in [0.1, 0.15) is 1.41 Å². The highest BCUT2D eigenvalue weighted by Gasteiger charge is 1.99. The Kier molecular flexibility index (Phi) is 38.9. The van der Waals surface area contributed by atoms with E-state index in [9.17, 15) is 19.2 Å². The summed E-state index contributed by atoms with van der Waals surface area (Å²) in [5, 5.41) is 0. The predicted molar refractivity (Wildman–Crippen MR) is 137 cm³/mol. The summed E-state index contributed by atoms with van der Waals surface area (Å²) in [4.78, 5) is 46.7. The van der Waals surface area contributed by atoms with Crippen molar-refractivity contribution in [1.29, 1.82) is 0 Å². The number of carbonyl (C=O) groups excluding carboxylic acids is 4. The largest absolute Gasteiger partial charge is 0.370 e. The van der Waals surface area contributed by atoms with Gasteiger partial charge in [-0.15, -0.1) is 0 Å². The number of carbonyl (C=O) groups is 4. The lowest BCUT2D eigenvalue weighted by atomic mass is 10.3. The third-order valence-electron chi connectivity index (χ3n) is 3.20. The van der Waals surface area contributed by atoms with Crippen LogP contribution in [0.3, 0.4) is 0 Å². The van der Waals surface area contributed by atoms with E-state index in [2.05, 4.69) is 6.14 Å². The van der Waals surface area contributed by atoms with Crippen molar-refractivity contribution in [1.82, 2.24) is 20.8 Å². The summed E-state index contributed by atoms with van der Waals surface area (Å²) in [6, 6.07) is 0. The van der Waals surface area contributed by atoms with Gasteiger partial charge in [-0.05, 0) is 19.3 Å². The Morgan fingerprint density at radius 2 is 0.938 bits per heavy atom. The van der Waals surface area contributed by atoms with Gasteiger partial charge in [0.2, 0.25) is 23.6 Å². The first-order valence-electron chi connectivity index (χ1n) is 12.2. The zero-order valence-electron chi connectivity index (χ0n) is 25.0. The molecule has 0 bridgehead atoms. The van der Waals surface area contributed by atoms with E-state index in [1.165, 1.54) is 0 Å². The molecule has 32 heavy (non-hydrogen) atoms. The fourth-order valence-corrected chi connectivity index (χ4v) is 1.42. The number of primary amides is 1. The molecular formula is C23H55N5O4. The maximum absolute atomic E-state index is 10.7. The van der Waals surface area contributed by atoms with Crippen LogP contribution in [0.4, 0.5) is 0 Å². The Bertz CT molecular complexity index is 443. The van der Waals surface area contributed by atoms with E-state index in [-0.39, 0.29) is 23.6 Å². The van der Waals surface area contributed by atoms with Gasteiger partial charge < -0.3 is 26.6 Å². The molecule has 196 valence electrons. The molecule has 0 saturated heterocycles. The number of rotatable bonds is 7. The molecule has 0 aliphatic carbocycles. The fraction of sp³-hybridized carbons (Fsp3) is 0.826. The highest BCUT2D eigenvalue weighted by molar-refractivity contribution is 5.76. The van der Waals surface area contributed by atoms with Gasteiger partial charge in [-0.3, -0.25) is 19.2 Å². The second kappa shape index (κ2) is 33.5. The van der Waals surface area contributed by atoms with Gasteiger partial charge in [0.05, 0.1) is 0 Å². The van der Waals surface area contributed by atoms with Gasteiger partial charge in [-0.1, -0.05) is 41.5 Å². The molecule has 0 aromatic rings. The summed E-state index contributed by atoms with van der Waals surface area (Å²) in [6.45, 7) is 11.8. The summed E-state index contributed by atoms with van der Waals surface area (Å²) >= 11 is 0. The zero-order valence-corrected chi connectivity index (χ0v) is 23.0. The summed E-state index contributed by atoms with van der Waals surface area (Å²) < 4.78 is 11.6. The minimum Gasteiger partial charge on any atom is -0.370 e. The van der Waals surface area contributed by atoms with Crippen LogP contribution in [0.15, 0.2) is 0 Å². The van der Waals surface area contributed by atoms with Gasteiger partial charge in [0.15, 0.2) is 1.41 Å². The van der Waals surface area contributed by atoms with Crippen LogP contribution in [0.5, 0.6) is 0 Å². The summed E-state index contributed by atoms with van der Waals surface area (Å²) in [7, 11) is 10.6. The van der Waals surface area contributed by atoms with Crippen LogP contribution < -0.4 is 11.9 Å². The Balaban J connectivity index is -0.0000000732. The Morgan fingerprint density at radius 3 is 1.00 bits per heavy atom. The number of amides is 4. The first kappa shape index (κ1) is 37.2. The third kappa shape index (κ3) is 46.2. The normalized spacial score (nSPS) is 8.53. The van der Waals surface area contributed by atoms with Crippen molar-refractivity contribution in [3.63, 3.8) is 0 Å². The van der Waals surface area contributed by atoms with Gasteiger partial charge in [0.25, 0.3) is 0 Å². The molecule has 0 aliphatic rings. The maximum Gasteiger partial charge on any atom is 0.222 e. The average molecular weight is 470 g/mol. The van der Waals surface area contributed by atoms with Gasteiger partial charge >= 0.3 is 0 Å². The molecule has 0 saturated carbocycles. The number of hydrogen-bond acceptors (Lipinski definition) is 5. The molecule has 9 heteroatoms. The Morgan fingerprint density at radius 1 is 0.656 bits per heavy atom. The summed E-state index contributed by atoms with van der Waals surface area (Å²) in [5.74, 6) is 0.405. The molecule has 0 aromatic carbocycles. The molecule has 0 aliphatic heterocycles. The maximum atomic E-state index is 10.7. The van der Waals surface area contributed by atoms with Crippen molar-refractivity contribution in [3.8, 4) is 0 Å². The minimum atomic E-state index is -0.206. The predicted octanol–water partition coefficient (Wildman–Crippen LogP) is 3.69. The second-order valence-electron chi connectivity index (χ2n) is 6.89. The molecule has 0 aromatic heterocycles. The van der Waals surface area contributed by atoms with Crippen LogP contribution in [0.2, 0.25) is 2.82 Å². The standard InChI is InChI=1S/2C6H13NO.C5H11NO.C4H9NO.C2H6.H3N/c2*1-4-5-6(8)7(2)3;1-4-5(7)6(2)3;1-2-3-4(5)6;1-2;/h2*4-5H2,1-3H3;4H2,1-3H3;2-3H2,1H3,(H2,5,6);1-2H3;1H3/i/hT2. The molecule has 0 atom stereocenters. The van der Waals surface area contributed by atoms with E-state index in [0.717, 1.165) is 19.3 Å². The van der Waals surface area contributed by atoms with E-state index in [1.54, 1.807) is 62.7 Å². The van der Waals surface area contributed by atoms with Crippen molar-refractivity contribution in [2.75, 3.05) is 42.3 Å². The van der Waals surface area contributed by atoms with Crippen LogP contribution in [-0.2, 0) is 19.2 Å². The Hall–Kier alpha value is -2.16. The molecule has 0 heterocycles.